The summed E-state index contributed by atoms with van der Waals surface area (Å²) < 4.78 is 23.7. The first-order valence-electron chi connectivity index (χ1n) is 11.3. The monoisotopic (exact) mass is 486 g/mol. The van der Waals surface area contributed by atoms with Gasteiger partial charge in [0.05, 0.1) is 23.5 Å². The van der Waals surface area contributed by atoms with Gasteiger partial charge >= 0.3 is 0 Å². The molecule has 0 radical (unpaired) electrons. The molecular formula is C24H35ClO4P2. The molecule has 0 heterocycles. The summed E-state index contributed by atoms with van der Waals surface area (Å²) in [6.45, 7) is 2.60. The lowest BCUT2D eigenvalue weighted by Crippen LogP contribution is -2.19. The maximum atomic E-state index is 12.7. The number of carbonyl (C=O) groups is 1. The predicted octanol–water partition coefficient (Wildman–Crippen LogP) is 6.23. The van der Waals surface area contributed by atoms with Gasteiger partial charge in [0.25, 0.3) is 0 Å². The molecule has 1 saturated carbocycles. The van der Waals surface area contributed by atoms with Gasteiger partial charge in [0.15, 0.2) is 5.78 Å². The molecule has 0 saturated heterocycles. The molecule has 31 heavy (non-hydrogen) atoms. The molecule has 2 unspecified atom stereocenters. The van der Waals surface area contributed by atoms with Crippen molar-refractivity contribution < 1.29 is 18.6 Å². The van der Waals surface area contributed by atoms with Gasteiger partial charge in [-0.25, -0.2) is 0 Å². The number of ketones is 1. The van der Waals surface area contributed by atoms with Crippen molar-refractivity contribution in [3.63, 3.8) is 0 Å². The molecular weight excluding hydrogens is 450 g/mol. The number of halogens is 1. The molecule has 1 aromatic rings. The van der Waals surface area contributed by atoms with E-state index in [0.717, 1.165) is 24.0 Å². The van der Waals surface area contributed by atoms with Crippen LogP contribution in [-0.2, 0) is 27.1 Å². The number of ether oxygens (including phenoxy) is 1. The largest absolute Gasteiger partial charge is 0.480 e. The average Bonchev–Trinajstić information content (AvgIpc) is 3.07. The van der Waals surface area contributed by atoms with Crippen molar-refractivity contribution in [3.05, 3.63) is 53.6 Å². The van der Waals surface area contributed by atoms with Gasteiger partial charge in [0.1, 0.15) is 5.75 Å². The highest BCUT2D eigenvalue weighted by Crippen LogP contribution is 2.41. The lowest BCUT2D eigenvalue weighted by atomic mass is 9.90. The van der Waals surface area contributed by atoms with Crippen LogP contribution in [0, 0.1) is 11.8 Å². The van der Waals surface area contributed by atoms with Crippen LogP contribution in [0.4, 0.5) is 0 Å². The maximum absolute atomic E-state index is 12.7. The number of unbranched alkanes of at least 4 members (excludes halogenated alkanes) is 2. The van der Waals surface area contributed by atoms with E-state index in [4.69, 9.17) is 26.7 Å². The summed E-state index contributed by atoms with van der Waals surface area (Å²) in [6, 6.07) is 5.68. The molecule has 6 atom stereocenters. The molecule has 0 aromatic heterocycles. The summed E-state index contributed by atoms with van der Waals surface area (Å²) in [5, 5.41) is -0.0204. The Balaban J connectivity index is 2.06. The van der Waals surface area contributed by atoms with E-state index in [9.17, 15) is 4.79 Å². The molecule has 0 aliphatic heterocycles. The summed E-state index contributed by atoms with van der Waals surface area (Å²) in [4.78, 5) is 12.7. The Morgan fingerprint density at radius 2 is 2.23 bits per heavy atom. The molecule has 1 fully saturated rings. The quantitative estimate of drug-likeness (QED) is 0.103. The third kappa shape index (κ3) is 8.26. The lowest BCUT2D eigenvalue weighted by Gasteiger charge is -2.20. The number of benzene rings is 1. The minimum atomic E-state index is -0.338. The average molecular weight is 487 g/mol. The minimum absolute atomic E-state index is 0.0204. The van der Waals surface area contributed by atoms with Crippen LogP contribution >= 0.6 is 30.5 Å². The van der Waals surface area contributed by atoms with E-state index in [2.05, 4.69) is 28.5 Å². The molecule has 172 valence electrons. The van der Waals surface area contributed by atoms with Crippen LogP contribution in [0.25, 0.3) is 0 Å². The van der Waals surface area contributed by atoms with Crippen LogP contribution < -0.4 is 4.52 Å². The van der Waals surface area contributed by atoms with E-state index >= 15 is 0 Å². The number of rotatable bonds is 14. The number of methoxy groups -OCH3 is 1. The van der Waals surface area contributed by atoms with E-state index in [1.165, 1.54) is 12.8 Å². The van der Waals surface area contributed by atoms with Crippen LogP contribution in [0.3, 0.4) is 0 Å². The van der Waals surface area contributed by atoms with Gasteiger partial charge in [-0.05, 0) is 49.0 Å². The van der Waals surface area contributed by atoms with Gasteiger partial charge < -0.3 is 13.8 Å². The normalized spacial score (nSPS) is 24.6. The van der Waals surface area contributed by atoms with E-state index in [1.807, 2.05) is 24.3 Å². The maximum Gasteiger partial charge on any atom is 0.159 e. The summed E-state index contributed by atoms with van der Waals surface area (Å²) in [5.74, 6) is 0.975. The topological polar surface area (TPSA) is 44.8 Å². The van der Waals surface area contributed by atoms with Crippen molar-refractivity contribution in [2.75, 3.05) is 7.11 Å². The van der Waals surface area contributed by atoms with Gasteiger partial charge in [0.2, 0.25) is 0 Å². The second-order valence-corrected chi connectivity index (χ2v) is 9.03. The zero-order chi connectivity index (χ0) is 23.3. The molecule has 2 rings (SSSR count). The fraction of sp³-hybridized carbons (Fsp3) is 0.542. The van der Waals surface area contributed by atoms with Gasteiger partial charge in [-0.3, -0.25) is 4.79 Å². The zero-order valence-electron chi connectivity index (χ0n) is 19.4. The lowest BCUT2D eigenvalue weighted by molar-refractivity contribution is -0.114. The number of hydrogen-bond donors (Lipinski definition) is 0. The number of carbonyl (C=O) groups excluding carboxylic acids is 1. The van der Waals surface area contributed by atoms with Crippen LogP contribution in [0.5, 0.6) is 5.75 Å². The Labute approximate surface area is 198 Å². The fourth-order valence-corrected chi connectivity index (χ4v) is 5.00. The molecule has 1 aliphatic rings. The van der Waals surface area contributed by atoms with E-state index in [0.29, 0.717) is 25.2 Å². The molecule has 0 bridgehead atoms. The molecule has 0 N–H and O–H groups in total. The van der Waals surface area contributed by atoms with Crippen LogP contribution in [0.1, 0.15) is 50.2 Å². The van der Waals surface area contributed by atoms with E-state index < -0.39 is 0 Å². The van der Waals surface area contributed by atoms with Crippen molar-refractivity contribution in [1.82, 2.24) is 0 Å². The number of alkyl halides is 1. The molecule has 0 spiro atoms. The third-order valence-corrected chi connectivity index (χ3v) is 6.79. The molecule has 0 amide bonds. The first-order valence-corrected chi connectivity index (χ1v) is 12.2. The zero-order valence-corrected chi connectivity index (χ0v) is 21.3. The minimum Gasteiger partial charge on any atom is -0.480 e. The van der Waals surface area contributed by atoms with Crippen molar-refractivity contribution >= 4 is 36.3 Å². The second-order valence-electron chi connectivity index (χ2n) is 7.99. The van der Waals surface area contributed by atoms with Crippen molar-refractivity contribution in [2.45, 2.75) is 63.5 Å². The van der Waals surface area contributed by atoms with Gasteiger partial charge in [-0.15, -0.1) is 11.6 Å². The number of hydrogen-bond acceptors (Lipinski definition) is 4. The number of allylic oxidation sites excluding steroid dienone is 3. The fourth-order valence-electron chi connectivity index (χ4n) is 4.07. The van der Waals surface area contributed by atoms with E-state index in [-0.39, 0.29) is 38.5 Å². The Bertz CT molecular complexity index is 774. The summed E-state index contributed by atoms with van der Waals surface area (Å²) in [7, 11) is 3.53. The summed E-state index contributed by atoms with van der Waals surface area (Å²) in [6.07, 6.45) is 13.2. The molecule has 4 nitrogen and oxygen atoms in total. The highest BCUT2D eigenvalue weighted by atomic mass is 35.5. The first kappa shape index (κ1) is 24.9. The van der Waals surface area contributed by atoms with E-state index in [1.54, 1.807) is 13.2 Å². The van der Waals surface area contributed by atoms with Crippen LogP contribution in [0.15, 0.2) is 42.5 Å². The highest BCUT2D eigenvalue weighted by molar-refractivity contribution is 7.10. The van der Waals surface area contributed by atoms with Crippen LogP contribution in [0.2, 0.25) is 0 Å². The third-order valence-electron chi connectivity index (χ3n) is 5.73. The molecule has 1 aliphatic carbocycles. The SMILES string of the molecule is [3H]PO[C@@H]1C[C@@H](Cl)[C@H](C/C=C\CCCC)[C@H]1/C=C/C(=O)Cc1ccc(OP)c(COC)c1. The first-order chi connectivity index (χ1) is 15.5. The van der Waals surface area contributed by atoms with Gasteiger partial charge in [-0.1, -0.05) is 44.1 Å². The summed E-state index contributed by atoms with van der Waals surface area (Å²) >= 11 is 6.65. The van der Waals surface area contributed by atoms with Gasteiger partial charge in [0, 0.05) is 39.8 Å². The van der Waals surface area contributed by atoms with Crippen molar-refractivity contribution in [2.24, 2.45) is 11.8 Å². The smallest absolute Gasteiger partial charge is 0.159 e. The second kappa shape index (κ2) is 14.4. The van der Waals surface area contributed by atoms with Gasteiger partial charge in [-0.2, -0.15) is 0 Å². The summed E-state index contributed by atoms with van der Waals surface area (Å²) in [5.41, 5.74) is 1.81. The van der Waals surface area contributed by atoms with Crippen LogP contribution in [-0.4, -0.2) is 25.7 Å². The predicted molar refractivity (Wildman–Crippen MR) is 134 cm³/mol. The molecule has 7 heteroatoms. The highest BCUT2D eigenvalue weighted by Gasteiger charge is 2.40. The van der Waals surface area contributed by atoms with Crippen molar-refractivity contribution in [3.8, 4) is 5.75 Å². The Morgan fingerprint density at radius 3 is 2.94 bits per heavy atom. The Kier molecular flexibility index (Phi) is 11.6. The Hall–Kier alpha value is -0.760. The standard InChI is InChI=1S/C24H35ClO4P2/c1-3-4-5-6-7-8-20-21(24(29-31)15-22(20)25)11-10-19(26)14-17-9-12-23(28-30)18(13-17)16-27-2/h6-7,9-13,20-22,24H,3-5,8,14-16,30-31H2,1-2H3/b7-6-,11-10+/t20-,21-,22-,24-/m1/s1/i31T/t20-,21-,22-,24-,31?. The van der Waals surface area contributed by atoms with Crippen molar-refractivity contribution in [1.29, 1.82) is 1.28 Å². The Morgan fingerprint density at radius 1 is 1.39 bits per heavy atom. The molecule has 1 aromatic carbocycles.